The average Bonchev–Trinajstić information content (AvgIpc) is 3.15. The Morgan fingerprint density at radius 1 is 1.09 bits per heavy atom. The molecule has 1 aromatic carbocycles. The number of hydrogen-bond donors (Lipinski definition) is 4. The van der Waals surface area contributed by atoms with Crippen molar-refractivity contribution in [3.8, 4) is 11.4 Å². The van der Waals surface area contributed by atoms with Crippen molar-refractivity contribution in [1.82, 2.24) is 19.9 Å². The third kappa shape index (κ3) is 2.54. The van der Waals surface area contributed by atoms with Gasteiger partial charge in [0.25, 0.3) is 0 Å². The summed E-state index contributed by atoms with van der Waals surface area (Å²) in [6.45, 7) is 0. The van der Waals surface area contributed by atoms with E-state index in [2.05, 4.69) is 25.3 Å². The number of nitrogens with zero attached hydrogens (tertiary/aromatic N) is 3. The highest BCUT2D eigenvalue weighted by Crippen LogP contribution is 2.27. The lowest BCUT2D eigenvalue weighted by Crippen LogP contribution is -2.34. The van der Waals surface area contributed by atoms with Gasteiger partial charge in [-0.2, -0.15) is 0 Å². The molecule has 0 bridgehead atoms. The number of aliphatic hydroxyl groups is 2. The second-order valence-electron chi connectivity index (χ2n) is 5.76. The van der Waals surface area contributed by atoms with Crippen LogP contribution in [0.15, 0.2) is 36.7 Å². The number of H-pyrrole nitrogens is 1. The third-order valence-electron chi connectivity index (χ3n) is 4.24. The van der Waals surface area contributed by atoms with E-state index in [1.54, 1.807) is 0 Å². The van der Waals surface area contributed by atoms with Gasteiger partial charge in [0.2, 0.25) is 0 Å². The fraction of sp³-hybridized carbons (Fsp3) is 0.312. The van der Waals surface area contributed by atoms with Crippen molar-refractivity contribution in [2.45, 2.75) is 31.1 Å². The molecule has 23 heavy (non-hydrogen) atoms. The second kappa shape index (κ2) is 5.60. The molecule has 0 saturated heterocycles. The number of aromatic nitrogens is 4. The molecule has 118 valence electrons. The Balaban J connectivity index is 1.69. The maximum atomic E-state index is 9.99. The van der Waals surface area contributed by atoms with E-state index in [1.165, 1.54) is 6.33 Å². The van der Waals surface area contributed by atoms with Crippen LogP contribution in [0.2, 0.25) is 0 Å². The molecule has 0 spiro atoms. The second-order valence-corrected chi connectivity index (χ2v) is 5.76. The van der Waals surface area contributed by atoms with Crippen LogP contribution in [0, 0.1) is 0 Å². The van der Waals surface area contributed by atoms with Gasteiger partial charge in [-0.05, 0) is 12.8 Å². The molecule has 4 N–H and O–H groups in total. The van der Waals surface area contributed by atoms with Gasteiger partial charge in [-0.15, -0.1) is 0 Å². The lowest BCUT2D eigenvalue weighted by Gasteiger charge is -2.18. The smallest absolute Gasteiger partial charge is 0.183 e. The first kappa shape index (κ1) is 14.1. The molecule has 7 nitrogen and oxygen atoms in total. The number of aliphatic hydroxyl groups excluding tert-OH is 2. The molecule has 0 aliphatic heterocycles. The quantitative estimate of drug-likeness (QED) is 0.581. The monoisotopic (exact) mass is 311 g/mol. The van der Waals surface area contributed by atoms with Crippen LogP contribution in [-0.2, 0) is 0 Å². The minimum absolute atomic E-state index is 0.230. The van der Waals surface area contributed by atoms with Crippen LogP contribution in [0.5, 0.6) is 0 Å². The van der Waals surface area contributed by atoms with Gasteiger partial charge < -0.3 is 20.5 Å². The highest BCUT2D eigenvalue weighted by Gasteiger charge is 2.33. The molecule has 3 aromatic rings. The predicted octanol–water partition coefficient (Wildman–Crippen LogP) is 1.32. The Morgan fingerprint density at radius 2 is 1.91 bits per heavy atom. The van der Waals surface area contributed by atoms with Crippen LogP contribution in [-0.4, -0.2) is 48.4 Å². The minimum atomic E-state index is -0.795. The summed E-state index contributed by atoms with van der Waals surface area (Å²) in [7, 11) is 0. The van der Waals surface area contributed by atoms with Crippen molar-refractivity contribution in [3.05, 3.63) is 36.7 Å². The van der Waals surface area contributed by atoms with Crippen LogP contribution >= 0.6 is 0 Å². The largest absolute Gasteiger partial charge is 0.390 e. The van der Waals surface area contributed by atoms with E-state index in [-0.39, 0.29) is 6.04 Å². The molecular weight excluding hydrogens is 294 g/mol. The summed E-state index contributed by atoms with van der Waals surface area (Å²) < 4.78 is 0. The van der Waals surface area contributed by atoms with Crippen molar-refractivity contribution < 1.29 is 10.2 Å². The van der Waals surface area contributed by atoms with Gasteiger partial charge in [-0.3, -0.25) is 0 Å². The summed E-state index contributed by atoms with van der Waals surface area (Å²) in [5, 5.41) is 22.9. The molecule has 3 atom stereocenters. The average molecular weight is 311 g/mol. The number of benzene rings is 1. The van der Waals surface area contributed by atoms with E-state index in [1.807, 2.05) is 30.3 Å². The van der Waals surface area contributed by atoms with E-state index in [9.17, 15) is 10.2 Å². The molecule has 1 saturated carbocycles. The Labute approximate surface area is 132 Å². The molecule has 1 fully saturated rings. The molecule has 1 aliphatic rings. The Morgan fingerprint density at radius 3 is 2.65 bits per heavy atom. The number of hydrogen-bond acceptors (Lipinski definition) is 6. The van der Waals surface area contributed by atoms with Gasteiger partial charge in [-0.25, -0.2) is 15.0 Å². The Bertz CT molecular complexity index is 820. The first-order chi connectivity index (χ1) is 11.2. The zero-order valence-electron chi connectivity index (χ0n) is 12.3. The summed E-state index contributed by atoms with van der Waals surface area (Å²) in [5.74, 6) is 1.30. The number of rotatable bonds is 3. The molecule has 1 aliphatic carbocycles. The van der Waals surface area contributed by atoms with Gasteiger partial charge in [-0.1, -0.05) is 30.3 Å². The highest BCUT2D eigenvalue weighted by molar-refractivity contribution is 5.85. The Hall–Kier alpha value is -2.51. The van der Waals surface area contributed by atoms with Crippen LogP contribution in [0.25, 0.3) is 22.6 Å². The lowest BCUT2D eigenvalue weighted by molar-refractivity contribution is 0.0392. The Kier molecular flexibility index (Phi) is 3.44. The summed E-state index contributed by atoms with van der Waals surface area (Å²) in [4.78, 5) is 16.2. The molecular formula is C16H17N5O2. The molecule has 0 unspecified atom stereocenters. The van der Waals surface area contributed by atoms with Gasteiger partial charge in [0.1, 0.15) is 17.7 Å². The van der Waals surface area contributed by atoms with E-state index < -0.39 is 12.2 Å². The fourth-order valence-electron chi connectivity index (χ4n) is 2.96. The molecule has 2 heterocycles. The number of fused-ring (bicyclic) bond motifs is 1. The van der Waals surface area contributed by atoms with Crippen LogP contribution in [0.1, 0.15) is 12.8 Å². The SMILES string of the molecule is O[C@@H]1[C@H](O)CC[C@H]1Nc1ncnc2nc(-c3ccccc3)[nH]c12. The normalized spacial score (nSPS) is 24.2. The van der Waals surface area contributed by atoms with E-state index in [0.29, 0.717) is 29.8 Å². The first-order valence-electron chi connectivity index (χ1n) is 7.61. The van der Waals surface area contributed by atoms with Gasteiger partial charge >= 0.3 is 0 Å². The molecule has 2 aromatic heterocycles. The molecule has 0 radical (unpaired) electrons. The summed E-state index contributed by atoms with van der Waals surface area (Å²) in [6.07, 6.45) is 1.22. The van der Waals surface area contributed by atoms with Crippen molar-refractivity contribution in [3.63, 3.8) is 0 Å². The van der Waals surface area contributed by atoms with Crippen molar-refractivity contribution >= 4 is 17.0 Å². The van der Waals surface area contributed by atoms with Crippen molar-refractivity contribution in [2.24, 2.45) is 0 Å². The predicted molar refractivity (Wildman–Crippen MR) is 85.8 cm³/mol. The van der Waals surface area contributed by atoms with E-state index in [0.717, 1.165) is 11.4 Å². The molecule has 4 rings (SSSR count). The highest BCUT2D eigenvalue weighted by atomic mass is 16.3. The van der Waals surface area contributed by atoms with E-state index in [4.69, 9.17) is 0 Å². The topological polar surface area (TPSA) is 107 Å². The van der Waals surface area contributed by atoms with Crippen LogP contribution in [0.4, 0.5) is 5.82 Å². The summed E-state index contributed by atoms with van der Waals surface area (Å²) in [6, 6.07) is 9.55. The first-order valence-corrected chi connectivity index (χ1v) is 7.61. The molecule has 7 heteroatoms. The van der Waals surface area contributed by atoms with Crippen molar-refractivity contribution in [1.29, 1.82) is 0 Å². The maximum Gasteiger partial charge on any atom is 0.183 e. The number of aromatic amines is 1. The lowest BCUT2D eigenvalue weighted by atomic mass is 10.2. The van der Waals surface area contributed by atoms with E-state index >= 15 is 0 Å². The summed E-state index contributed by atoms with van der Waals surface area (Å²) >= 11 is 0. The van der Waals surface area contributed by atoms with Gasteiger partial charge in [0.15, 0.2) is 11.5 Å². The third-order valence-corrected chi connectivity index (χ3v) is 4.24. The number of imidazole rings is 1. The zero-order valence-corrected chi connectivity index (χ0v) is 12.3. The molecule has 0 amide bonds. The number of nitrogens with one attached hydrogen (secondary N) is 2. The summed E-state index contributed by atoms with van der Waals surface area (Å²) in [5.41, 5.74) is 2.22. The fourth-order valence-corrected chi connectivity index (χ4v) is 2.96. The van der Waals surface area contributed by atoms with Crippen LogP contribution in [0.3, 0.4) is 0 Å². The van der Waals surface area contributed by atoms with Gasteiger partial charge in [0.05, 0.1) is 18.2 Å². The van der Waals surface area contributed by atoms with Crippen LogP contribution < -0.4 is 5.32 Å². The maximum absolute atomic E-state index is 9.99. The number of anilines is 1. The van der Waals surface area contributed by atoms with Gasteiger partial charge in [0, 0.05) is 5.56 Å². The minimum Gasteiger partial charge on any atom is -0.390 e. The van der Waals surface area contributed by atoms with Crippen molar-refractivity contribution in [2.75, 3.05) is 5.32 Å². The zero-order chi connectivity index (χ0) is 15.8. The standard InChI is InChI=1S/C16H17N5O2/c22-11-7-6-10(13(11)23)19-15-12-16(18-8-17-15)21-14(20-12)9-4-2-1-3-5-9/h1-5,8,10-11,13,22-23H,6-7H2,(H2,17,18,19,20,21)/t10-,11-,13+/m1/s1.